The molecule has 2 aromatic carbocycles. The van der Waals surface area contributed by atoms with Crippen LogP contribution in [0.4, 0.5) is 0 Å². The van der Waals surface area contributed by atoms with Crippen molar-refractivity contribution < 1.29 is 26.1 Å². The van der Waals surface area contributed by atoms with E-state index in [0.29, 0.717) is 11.5 Å². The summed E-state index contributed by atoms with van der Waals surface area (Å²) in [6, 6.07) is 11.8. The number of nitrogens with one attached hydrogen (secondary N) is 2. The molecule has 0 amide bonds. The molecule has 2 rings (SSSR count). The largest absolute Gasteiger partial charge is 0.576 e. The molecule has 2 aromatic rings. The quantitative estimate of drug-likeness (QED) is 0.631. The van der Waals surface area contributed by atoms with Gasteiger partial charge in [0.1, 0.15) is 11.5 Å². The fourth-order valence-corrected chi connectivity index (χ4v) is 3.39. The Morgan fingerprint density at radius 3 is 1.52 bits per heavy atom. The summed E-state index contributed by atoms with van der Waals surface area (Å²) in [6.07, 6.45) is 0. The van der Waals surface area contributed by atoms with Crippen molar-refractivity contribution in [1.82, 2.24) is 9.44 Å². The molecule has 0 atom stereocenters. The lowest BCUT2D eigenvalue weighted by Gasteiger charge is -2.10. The van der Waals surface area contributed by atoms with Gasteiger partial charge in [0, 0.05) is 0 Å². The van der Waals surface area contributed by atoms with Gasteiger partial charge in [0.2, 0.25) is 20.0 Å². The minimum absolute atomic E-state index is 0.0645. The lowest BCUT2D eigenvalue weighted by Crippen LogP contribution is -2.19. The molecule has 0 aliphatic heterocycles. The van der Waals surface area contributed by atoms with Gasteiger partial charge in [-0.15, -0.1) is 0 Å². The number of sulfonamides is 2. The number of rotatable bonds is 8. The first-order valence-electron chi connectivity index (χ1n) is 7.11. The van der Waals surface area contributed by atoms with Crippen LogP contribution in [0, 0.1) is 0 Å². The molecule has 0 bridgehead atoms. The van der Waals surface area contributed by atoms with Crippen molar-refractivity contribution in [3.63, 3.8) is 0 Å². The fourth-order valence-electron chi connectivity index (χ4n) is 1.86. The van der Waals surface area contributed by atoms with E-state index in [4.69, 9.17) is 9.31 Å². The van der Waals surface area contributed by atoms with Crippen molar-refractivity contribution in [2.24, 2.45) is 0 Å². The Kier molecular flexibility index (Phi) is 6.06. The van der Waals surface area contributed by atoms with E-state index in [9.17, 15) is 16.8 Å². The van der Waals surface area contributed by atoms with E-state index >= 15 is 0 Å². The lowest BCUT2D eigenvalue weighted by atomic mass is 10.3. The molecule has 0 heterocycles. The van der Waals surface area contributed by atoms with E-state index < -0.39 is 20.0 Å². The van der Waals surface area contributed by atoms with E-state index in [2.05, 4.69) is 9.44 Å². The molecule has 11 heteroatoms. The van der Waals surface area contributed by atoms with Gasteiger partial charge < -0.3 is 9.31 Å². The van der Waals surface area contributed by atoms with E-state index in [1.807, 2.05) is 0 Å². The Morgan fingerprint density at radius 1 is 0.760 bits per heavy atom. The van der Waals surface area contributed by atoms with Crippen molar-refractivity contribution in [2.45, 2.75) is 9.79 Å². The maximum atomic E-state index is 11.7. The summed E-state index contributed by atoms with van der Waals surface area (Å²) in [5.74, 6) is 0.602. The molecule has 25 heavy (non-hydrogen) atoms. The second-order valence-electron chi connectivity index (χ2n) is 4.77. The van der Waals surface area contributed by atoms with Gasteiger partial charge >= 0.3 is 7.69 Å². The van der Waals surface area contributed by atoms with Crippen LogP contribution in [-0.2, 0) is 20.0 Å². The first kappa shape index (κ1) is 19.3. The highest BCUT2D eigenvalue weighted by Crippen LogP contribution is 2.19. The highest BCUT2D eigenvalue weighted by Gasteiger charge is 2.13. The van der Waals surface area contributed by atoms with E-state index in [1.54, 1.807) is 24.3 Å². The summed E-state index contributed by atoms with van der Waals surface area (Å²) < 4.78 is 62.1. The predicted octanol–water partition coefficient (Wildman–Crippen LogP) is 0.227. The van der Waals surface area contributed by atoms with Gasteiger partial charge in [-0.2, -0.15) is 0 Å². The van der Waals surface area contributed by atoms with Gasteiger partial charge in [-0.1, -0.05) is 12.1 Å². The van der Waals surface area contributed by atoms with Crippen molar-refractivity contribution >= 4 is 27.7 Å². The molecule has 0 saturated heterocycles. The van der Waals surface area contributed by atoms with Crippen LogP contribution in [0.3, 0.4) is 0 Å². The summed E-state index contributed by atoms with van der Waals surface area (Å²) in [5.41, 5.74) is 0. The molecule has 8 nitrogen and oxygen atoms in total. The third-order valence-corrected chi connectivity index (χ3v) is 6.04. The van der Waals surface area contributed by atoms with Crippen molar-refractivity contribution in [3.8, 4) is 11.5 Å². The molecular weight excluding hydrogens is 367 g/mol. The third kappa shape index (κ3) is 4.95. The second kappa shape index (κ2) is 7.87. The van der Waals surface area contributed by atoms with Crippen molar-refractivity contribution in [3.05, 3.63) is 48.5 Å². The van der Waals surface area contributed by atoms with Crippen LogP contribution < -0.4 is 18.8 Å². The minimum atomic E-state index is -3.57. The standard InChI is InChI=1S/C14H17BN2O6S2/c1-16-24(18,19)13-7-3-5-11(9-13)22-15-23-12-6-4-8-14(10-12)25(20,21)17-2/h3-10,15-17H,1-2H3. The monoisotopic (exact) mass is 384 g/mol. The maximum Gasteiger partial charge on any atom is 0.576 e. The molecule has 0 fully saturated rings. The average Bonchev–Trinajstić information content (AvgIpc) is 2.62. The lowest BCUT2D eigenvalue weighted by molar-refractivity contribution is 0.457. The van der Waals surface area contributed by atoms with Gasteiger partial charge in [0.25, 0.3) is 0 Å². The van der Waals surface area contributed by atoms with Crippen LogP contribution >= 0.6 is 0 Å². The van der Waals surface area contributed by atoms with Crippen LogP contribution in [0.15, 0.2) is 58.3 Å². The Morgan fingerprint density at radius 2 is 1.16 bits per heavy atom. The number of hydrogen-bond donors (Lipinski definition) is 2. The molecule has 134 valence electrons. The van der Waals surface area contributed by atoms with Gasteiger partial charge in [0.05, 0.1) is 9.79 Å². The fraction of sp³-hybridized carbons (Fsp3) is 0.143. The van der Waals surface area contributed by atoms with E-state index in [-0.39, 0.29) is 17.5 Å². The zero-order valence-corrected chi connectivity index (χ0v) is 15.2. The van der Waals surface area contributed by atoms with Crippen molar-refractivity contribution in [2.75, 3.05) is 14.1 Å². The van der Waals surface area contributed by atoms with Crippen LogP contribution in [-0.4, -0.2) is 38.6 Å². The first-order chi connectivity index (χ1) is 11.8. The molecule has 0 aliphatic rings. The van der Waals surface area contributed by atoms with Gasteiger partial charge in [-0.05, 0) is 50.5 Å². The average molecular weight is 384 g/mol. The van der Waals surface area contributed by atoms with Gasteiger partial charge in [0.15, 0.2) is 0 Å². The minimum Gasteiger partial charge on any atom is -0.528 e. The van der Waals surface area contributed by atoms with Gasteiger partial charge in [-0.25, -0.2) is 26.3 Å². The molecule has 0 saturated carbocycles. The molecule has 0 spiro atoms. The molecule has 0 radical (unpaired) electrons. The Hall–Kier alpha value is -2.08. The summed E-state index contributed by atoms with van der Waals surface area (Å²) >= 11 is 0. The summed E-state index contributed by atoms with van der Waals surface area (Å²) in [5, 5.41) is 0. The Balaban J connectivity index is 2.05. The molecular formula is C14H17BN2O6S2. The summed E-state index contributed by atoms with van der Waals surface area (Å²) in [7, 11) is -4.72. The smallest absolute Gasteiger partial charge is 0.528 e. The van der Waals surface area contributed by atoms with E-state index in [1.165, 1.54) is 38.4 Å². The van der Waals surface area contributed by atoms with Crippen LogP contribution in [0.25, 0.3) is 0 Å². The Bertz CT molecular complexity index is 870. The molecule has 0 unspecified atom stereocenters. The summed E-state index contributed by atoms with van der Waals surface area (Å²) in [4.78, 5) is 0.129. The molecule has 0 aliphatic carbocycles. The normalized spacial score (nSPS) is 11.8. The zero-order chi connectivity index (χ0) is 18.5. The number of hydrogen-bond acceptors (Lipinski definition) is 6. The third-order valence-electron chi connectivity index (χ3n) is 3.22. The second-order valence-corrected chi connectivity index (χ2v) is 8.54. The SMILES string of the molecule is CNS(=O)(=O)c1cccc(OBOc2cccc(S(=O)(=O)NC)c2)c1. The highest BCUT2D eigenvalue weighted by molar-refractivity contribution is 7.89. The molecule has 0 aromatic heterocycles. The summed E-state index contributed by atoms with van der Waals surface area (Å²) in [6.45, 7) is 0. The topological polar surface area (TPSA) is 111 Å². The first-order valence-corrected chi connectivity index (χ1v) is 10.1. The highest BCUT2D eigenvalue weighted by atomic mass is 32.2. The van der Waals surface area contributed by atoms with Crippen LogP contribution in [0.2, 0.25) is 0 Å². The molecule has 2 N–H and O–H groups in total. The predicted molar refractivity (Wildman–Crippen MR) is 93.8 cm³/mol. The van der Waals surface area contributed by atoms with Gasteiger partial charge in [-0.3, -0.25) is 0 Å². The van der Waals surface area contributed by atoms with Crippen molar-refractivity contribution in [1.29, 1.82) is 0 Å². The van der Waals surface area contributed by atoms with E-state index in [0.717, 1.165) is 0 Å². The van der Waals surface area contributed by atoms with Crippen LogP contribution in [0.5, 0.6) is 11.5 Å². The van der Waals surface area contributed by atoms with Crippen LogP contribution in [0.1, 0.15) is 0 Å². The maximum absolute atomic E-state index is 11.7. The number of benzene rings is 2. The Labute approximate surface area is 147 Å². The zero-order valence-electron chi connectivity index (χ0n) is 13.6.